The van der Waals surface area contributed by atoms with Crippen LogP contribution in [0.25, 0.3) is 0 Å². The highest BCUT2D eigenvalue weighted by Crippen LogP contribution is 2.46. The van der Waals surface area contributed by atoms with Crippen LogP contribution in [0.3, 0.4) is 0 Å². The predicted octanol–water partition coefficient (Wildman–Crippen LogP) is 3.48. The number of carbonyl (C=O) groups is 1. The van der Waals surface area contributed by atoms with Crippen molar-refractivity contribution in [2.75, 3.05) is 18.6 Å². The third kappa shape index (κ3) is 2.78. The van der Waals surface area contributed by atoms with Gasteiger partial charge in [-0.3, -0.25) is 4.79 Å². The molecule has 1 aliphatic carbocycles. The third-order valence-electron chi connectivity index (χ3n) is 4.79. The number of carboxylic acid groups (broad SMARTS) is 1. The largest absolute Gasteiger partial charge is 0.493 e. The number of thioether (sulfide) groups is 1. The van der Waals surface area contributed by atoms with Crippen molar-refractivity contribution in [3.8, 4) is 11.5 Å². The van der Waals surface area contributed by atoms with Crippen LogP contribution in [0, 0.1) is 0 Å². The Labute approximate surface area is 135 Å². The lowest BCUT2D eigenvalue weighted by atomic mass is 9.64. The Balaban J connectivity index is 1.87. The molecule has 1 saturated heterocycles. The summed E-state index contributed by atoms with van der Waals surface area (Å²) in [5.74, 6) is 2.87. The molecule has 4 nitrogen and oxygen atoms in total. The first-order valence-corrected chi connectivity index (χ1v) is 8.97. The lowest BCUT2D eigenvalue weighted by Crippen LogP contribution is -2.42. The van der Waals surface area contributed by atoms with Crippen molar-refractivity contribution in [1.29, 1.82) is 0 Å². The molecule has 0 spiro atoms. The van der Waals surface area contributed by atoms with Gasteiger partial charge in [0, 0.05) is 0 Å². The summed E-state index contributed by atoms with van der Waals surface area (Å²) >= 11 is 1.95. The number of aliphatic carboxylic acids is 1. The van der Waals surface area contributed by atoms with E-state index in [2.05, 4.69) is 0 Å². The first kappa shape index (κ1) is 15.5. The molecule has 22 heavy (non-hydrogen) atoms. The standard InChI is InChI=1S/C17H22O4S/c1-20-14-4-3-12(17(16(18)19)7-2-8-17)11-15(14)21-13-5-9-22-10-6-13/h3-4,11,13H,2,5-10H2,1H3,(H,18,19). The Bertz CT molecular complexity index is 548. The molecule has 0 amide bonds. The summed E-state index contributed by atoms with van der Waals surface area (Å²) in [5.41, 5.74) is 0.111. The fourth-order valence-electron chi connectivity index (χ4n) is 3.20. The molecule has 1 saturated carbocycles. The number of carboxylic acids is 1. The second-order valence-electron chi connectivity index (χ2n) is 6.04. The van der Waals surface area contributed by atoms with Gasteiger partial charge in [0.2, 0.25) is 0 Å². The van der Waals surface area contributed by atoms with E-state index < -0.39 is 11.4 Å². The highest BCUT2D eigenvalue weighted by molar-refractivity contribution is 7.99. The van der Waals surface area contributed by atoms with Gasteiger partial charge in [0.15, 0.2) is 11.5 Å². The van der Waals surface area contributed by atoms with Crippen LogP contribution in [0.5, 0.6) is 11.5 Å². The Morgan fingerprint density at radius 1 is 1.27 bits per heavy atom. The van der Waals surface area contributed by atoms with Crippen LogP contribution in [0.1, 0.15) is 37.7 Å². The second-order valence-corrected chi connectivity index (χ2v) is 7.26. The summed E-state index contributed by atoms with van der Waals surface area (Å²) in [6, 6.07) is 5.59. The fraction of sp³-hybridized carbons (Fsp3) is 0.588. The number of hydrogen-bond acceptors (Lipinski definition) is 4. The SMILES string of the molecule is COc1ccc(C2(C(=O)O)CCC2)cc1OC1CCSCC1. The van der Waals surface area contributed by atoms with E-state index in [-0.39, 0.29) is 6.10 Å². The smallest absolute Gasteiger partial charge is 0.314 e. The number of methoxy groups -OCH3 is 1. The fourth-order valence-corrected chi connectivity index (χ4v) is 4.26. The van der Waals surface area contributed by atoms with Crippen molar-refractivity contribution in [3.05, 3.63) is 23.8 Å². The van der Waals surface area contributed by atoms with Crippen molar-refractivity contribution in [2.45, 2.75) is 43.6 Å². The molecular formula is C17H22O4S. The molecule has 0 bridgehead atoms. The molecule has 5 heteroatoms. The third-order valence-corrected chi connectivity index (χ3v) is 5.84. The molecule has 0 atom stereocenters. The van der Waals surface area contributed by atoms with E-state index in [1.54, 1.807) is 7.11 Å². The van der Waals surface area contributed by atoms with E-state index in [0.717, 1.165) is 36.3 Å². The minimum absolute atomic E-state index is 0.201. The maximum absolute atomic E-state index is 11.7. The average Bonchev–Trinajstić information content (AvgIpc) is 2.47. The van der Waals surface area contributed by atoms with Gasteiger partial charge in [-0.15, -0.1) is 0 Å². The maximum atomic E-state index is 11.7. The number of ether oxygens (including phenoxy) is 2. The van der Waals surface area contributed by atoms with Gasteiger partial charge in [0.1, 0.15) is 6.10 Å². The van der Waals surface area contributed by atoms with Gasteiger partial charge in [0.25, 0.3) is 0 Å². The van der Waals surface area contributed by atoms with E-state index >= 15 is 0 Å². The normalized spacial score (nSPS) is 21.0. The van der Waals surface area contributed by atoms with Gasteiger partial charge in [-0.1, -0.05) is 12.5 Å². The molecule has 3 rings (SSSR count). The van der Waals surface area contributed by atoms with Crippen LogP contribution in [0.15, 0.2) is 18.2 Å². The monoisotopic (exact) mass is 322 g/mol. The highest BCUT2D eigenvalue weighted by Gasteiger charge is 2.46. The zero-order valence-corrected chi connectivity index (χ0v) is 13.7. The summed E-state index contributed by atoms with van der Waals surface area (Å²) < 4.78 is 11.5. The van der Waals surface area contributed by atoms with Crippen molar-refractivity contribution in [3.63, 3.8) is 0 Å². The molecular weight excluding hydrogens is 300 g/mol. The second kappa shape index (κ2) is 6.41. The molecule has 2 aliphatic rings. The van der Waals surface area contributed by atoms with Crippen LogP contribution < -0.4 is 9.47 Å². The van der Waals surface area contributed by atoms with Gasteiger partial charge >= 0.3 is 5.97 Å². The van der Waals surface area contributed by atoms with E-state index in [1.807, 2.05) is 30.0 Å². The van der Waals surface area contributed by atoms with Gasteiger partial charge in [-0.2, -0.15) is 11.8 Å². The number of rotatable bonds is 5. The number of benzene rings is 1. The lowest BCUT2D eigenvalue weighted by Gasteiger charge is -2.38. The summed E-state index contributed by atoms with van der Waals surface area (Å²) in [7, 11) is 1.62. The van der Waals surface area contributed by atoms with E-state index in [1.165, 1.54) is 0 Å². The quantitative estimate of drug-likeness (QED) is 0.899. The van der Waals surface area contributed by atoms with E-state index in [0.29, 0.717) is 24.3 Å². The van der Waals surface area contributed by atoms with Crippen molar-refractivity contribution < 1.29 is 19.4 Å². The molecule has 120 valence electrons. The van der Waals surface area contributed by atoms with Crippen LogP contribution >= 0.6 is 11.8 Å². The van der Waals surface area contributed by atoms with Crippen LogP contribution in [0.4, 0.5) is 0 Å². The summed E-state index contributed by atoms with van der Waals surface area (Å²) in [4.78, 5) is 11.7. The Kier molecular flexibility index (Phi) is 4.52. The zero-order valence-electron chi connectivity index (χ0n) is 12.8. The van der Waals surface area contributed by atoms with Crippen molar-refractivity contribution >= 4 is 17.7 Å². The van der Waals surface area contributed by atoms with Crippen molar-refractivity contribution in [2.24, 2.45) is 0 Å². The van der Waals surface area contributed by atoms with Gasteiger partial charge in [0.05, 0.1) is 12.5 Å². The Hall–Kier alpha value is -1.36. The Morgan fingerprint density at radius 3 is 2.55 bits per heavy atom. The average molecular weight is 322 g/mol. The number of hydrogen-bond donors (Lipinski definition) is 1. The molecule has 1 heterocycles. The van der Waals surface area contributed by atoms with E-state index in [4.69, 9.17) is 9.47 Å². The minimum Gasteiger partial charge on any atom is -0.493 e. The van der Waals surface area contributed by atoms with Gasteiger partial charge < -0.3 is 14.6 Å². The van der Waals surface area contributed by atoms with Gasteiger partial charge in [-0.25, -0.2) is 0 Å². The van der Waals surface area contributed by atoms with Gasteiger partial charge in [-0.05, 0) is 54.9 Å². The lowest BCUT2D eigenvalue weighted by molar-refractivity contribution is -0.147. The summed E-state index contributed by atoms with van der Waals surface area (Å²) in [5, 5.41) is 9.60. The first-order chi connectivity index (χ1) is 10.7. The molecule has 1 aromatic carbocycles. The van der Waals surface area contributed by atoms with Crippen LogP contribution in [0.2, 0.25) is 0 Å². The molecule has 1 aromatic rings. The molecule has 1 N–H and O–H groups in total. The van der Waals surface area contributed by atoms with Crippen LogP contribution in [-0.2, 0) is 10.2 Å². The zero-order chi connectivity index (χ0) is 15.6. The molecule has 0 unspecified atom stereocenters. The summed E-state index contributed by atoms with van der Waals surface area (Å²) in [6.07, 6.45) is 4.63. The Morgan fingerprint density at radius 2 is 2.00 bits per heavy atom. The van der Waals surface area contributed by atoms with E-state index in [9.17, 15) is 9.90 Å². The molecule has 1 aliphatic heterocycles. The molecule has 2 fully saturated rings. The maximum Gasteiger partial charge on any atom is 0.314 e. The summed E-state index contributed by atoms with van der Waals surface area (Å²) in [6.45, 7) is 0. The first-order valence-electron chi connectivity index (χ1n) is 7.82. The molecule has 0 aromatic heterocycles. The highest BCUT2D eigenvalue weighted by atomic mass is 32.2. The van der Waals surface area contributed by atoms with Crippen LogP contribution in [-0.4, -0.2) is 35.8 Å². The van der Waals surface area contributed by atoms with Crippen molar-refractivity contribution in [1.82, 2.24) is 0 Å². The molecule has 0 radical (unpaired) electrons. The predicted molar refractivity (Wildman–Crippen MR) is 87.1 cm³/mol. The minimum atomic E-state index is -0.732. The topological polar surface area (TPSA) is 55.8 Å².